The first-order valence-corrected chi connectivity index (χ1v) is 6.04. The second-order valence-corrected chi connectivity index (χ2v) is 4.22. The van der Waals surface area contributed by atoms with Gasteiger partial charge in [0.1, 0.15) is 18.3 Å². The van der Waals surface area contributed by atoms with Gasteiger partial charge in [0, 0.05) is 0 Å². The predicted molar refractivity (Wildman–Crippen MR) is 62.4 cm³/mol. The molecule has 100 valence electrons. The molecule has 3 N–H and O–H groups in total. The maximum Gasteiger partial charge on any atom is 0.186 e. The summed E-state index contributed by atoms with van der Waals surface area (Å²) in [6, 6.07) is 0. The molecule has 0 radical (unpaired) electrons. The average molecular weight is 246 g/mol. The first kappa shape index (κ1) is 14.6. The lowest BCUT2D eigenvalue weighted by Crippen LogP contribution is -2.57. The second kappa shape index (κ2) is 7.08. The number of aliphatic hydroxyl groups excluding tert-OH is 3. The lowest BCUT2D eigenvalue weighted by Gasteiger charge is -2.38. The molecule has 17 heavy (non-hydrogen) atoms. The Morgan fingerprint density at radius 3 is 2.47 bits per heavy atom. The van der Waals surface area contributed by atoms with Crippen molar-refractivity contribution in [2.45, 2.75) is 57.4 Å². The molecule has 0 unspecified atom stereocenters. The van der Waals surface area contributed by atoms with Gasteiger partial charge >= 0.3 is 0 Å². The smallest absolute Gasteiger partial charge is 0.186 e. The molecule has 0 saturated carbocycles. The first-order valence-electron chi connectivity index (χ1n) is 6.04. The number of aliphatic hydroxyl groups is 3. The third-order valence-corrected chi connectivity index (χ3v) is 2.78. The topological polar surface area (TPSA) is 79.2 Å². The molecule has 0 spiro atoms. The van der Waals surface area contributed by atoms with Crippen LogP contribution in [-0.2, 0) is 9.47 Å². The predicted octanol–water partition coefficient (Wildman–Crippen LogP) is 0.187. The normalized spacial score (nSPS) is 38.8. The average Bonchev–Trinajstić information content (AvgIpc) is 2.32. The summed E-state index contributed by atoms with van der Waals surface area (Å²) in [5.41, 5.74) is 0. The van der Waals surface area contributed by atoms with Crippen molar-refractivity contribution in [3.63, 3.8) is 0 Å². The zero-order valence-corrected chi connectivity index (χ0v) is 10.3. The van der Waals surface area contributed by atoms with Gasteiger partial charge in [-0.05, 0) is 19.8 Å². The summed E-state index contributed by atoms with van der Waals surface area (Å²) in [5, 5.41) is 28.7. The Kier molecular flexibility index (Phi) is 6.08. The van der Waals surface area contributed by atoms with Crippen LogP contribution in [0.1, 0.15) is 26.7 Å². The third kappa shape index (κ3) is 4.04. The van der Waals surface area contributed by atoms with Crippen molar-refractivity contribution in [3.8, 4) is 0 Å². The van der Waals surface area contributed by atoms with Gasteiger partial charge < -0.3 is 24.8 Å². The van der Waals surface area contributed by atoms with Crippen molar-refractivity contribution in [2.75, 3.05) is 6.61 Å². The van der Waals surface area contributed by atoms with Crippen LogP contribution in [0.2, 0.25) is 0 Å². The SMILES string of the molecule is CC/C=C\CCO[C@@H]1O[C@H](C)[C@@H](O)[C@H](O)[C@H]1O. The van der Waals surface area contributed by atoms with Gasteiger partial charge in [0.05, 0.1) is 12.7 Å². The van der Waals surface area contributed by atoms with Gasteiger partial charge in [-0.3, -0.25) is 0 Å². The van der Waals surface area contributed by atoms with Crippen molar-refractivity contribution in [1.82, 2.24) is 0 Å². The molecule has 1 heterocycles. The van der Waals surface area contributed by atoms with E-state index in [0.29, 0.717) is 6.61 Å². The molecule has 5 nitrogen and oxygen atoms in total. The Morgan fingerprint density at radius 1 is 1.12 bits per heavy atom. The molecule has 5 atom stereocenters. The second-order valence-electron chi connectivity index (χ2n) is 4.22. The molecule has 0 bridgehead atoms. The van der Waals surface area contributed by atoms with E-state index in [1.807, 2.05) is 19.1 Å². The van der Waals surface area contributed by atoms with Crippen LogP contribution >= 0.6 is 0 Å². The van der Waals surface area contributed by atoms with Crippen molar-refractivity contribution in [1.29, 1.82) is 0 Å². The molecule has 0 amide bonds. The molecule has 0 aromatic carbocycles. The Bertz CT molecular complexity index is 243. The third-order valence-electron chi connectivity index (χ3n) is 2.78. The molecular weight excluding hydrogens is 224 g/mol. The van der Waals surface area contributed by atoms with Gasteiger partial charge in [0.25, 0.3) is 0 Å². The van der Waals surface area contributed by atoms with Crippen LogP contribution in [0.3, 0.4) is 0 Å². The summed E-state index contributed by atoms with van der Waals surface area (Å²) in [4.78, 5) is 0. The highest BCUT2D eigenvalue weighted by Crippen LogP contribution is 2.21. The lowest BCUT2D eigenvalue weighted by molar-refractivity contribution is -0.292. The van der Waals surface area contributed by atoms with Crippen LogP contribution in [-0.4, -0.2) is 52.6 Å². The van der Waals surface area contributed by atoms with Crippen LogP contribution in [0, 0.1) is 0 Å². The standard InChI is InChI=1S/C12H22O5/c1-3-4-5-6-7-16-12-11(15)10(14)9(13)8(2)17-12/h4-5,8-15H,3,6-7H2,1-2H3/b5-4-/t8-,9-,10+,11-,12-/m1/s1. The largest absolute Gasteiger partial charge is 0.388 e. The Balaban J connectivity index is 2.35. The van der Waals surface area contributed by atoms with Gasteiger partial charge in [0.15, 0.2) is 6.29 Å². The van der Waals surface area contributed by atoms with Crippen molar-refractivity contribution in [2.24, 2.45) is 0 Å². The minimum absolute atomic E-state index is 0.410. The minimum atomic E-state index is -1.23. The molecular formula is C12H22O5. The van der Waals surface area contributed by atoms with E-state index in [0.717, 1.165) is 12.8 Å². The molecule has 1 fully saturated rings. The van der Waals surface area contributed by atoms with E-state index in [9.17, 15) is 15.3 Å². The molecule has 0 aliphatic carbocycles. The summed E-state index contributed by atoms with van der Waals surface area (Å²) < 4.78 is 10.6. The fourth-order valence-electron chi connectivity index (χ4n) is 1.69. The maximum atomic E-state index is 9.65. The monoisotopic (exact) mass is 246 g/mol. The molecule has 1 aliphatic heterocycles. The van der Waals surface area contributed by atoms with Crippen LogP contribution < -0.4 is 0 Å². The summed E-state index contributed by atoms with van der Waals surface area (Å²) in [6.07, 6.45) is 0.782. The fourth-order valence-corrected chi connectivity index (χ4v) is 1.69. The van der Waals surface area contributed by atoms with Crippen molar-refractivity contribution >= 4 is 0 Å². The quantitative estimate of drug-likeness (QED) is 0.476. The van der Waals surface area contributed by atoms with Crippen LogP contribution in [0.15, 0.2) is 12.2 Å². The highest BCUT2D eigenvalue weighted by atomic mass is 16.7. The molecule has 5 heteroatoms. The van der Waals surface area contributed by atoms with Crippen LogP contribution in [0.4, 0.5) is 0 Å². The number of rotatable bonds is 5. The van der Waals surface area contributed by atoms with E-state index in [2.05, 4.69) is 0 Å². The van der Waals surface area contributed by atoms with E-state index in [4.69, 9.17) is 9.47 Å². The summed E-state index contributed by atoms with van der Waals surface area (Å²) >= 11 is 0. The minimum Gasteiger partial charge on any atom is -0.388 e. The van der Waals surface area contributed by atoms with E-state index < -0.39 is 30.7 Å². The van der Waals surface area contributed by atoms with E-state index in [-0.39, 0.29) is 0 Å². The van der Waals surface area contributed by atoms with Gasteiger partial charge in [-0.1, -0.05) is 19.1 Å². The summed E-state index contributed by atoms with van der Waals surface area (Å²) in [5.74, 6) is 0. The Morgan fingerprint density at radius 2 is 1.82 bits per heavy atom. The zero-order valence-electron chi connectivity index (χ0n) is 10.3. The molecule has 1 saturated heterocycles. The number of allylic oxidation sites excluding steroid dienone is 1. The molecule has 1 rings (SSSR count). The highest BCUT2D eigenvalue weighted by molar-refractivity contribution is 4.87. The molecule has 1 aliphatic rings. The number of hydrogen-bond acceptors (Lipinski definition) is 5. The lowest BCUT2D eigenvalue weighted by atomic mass is 10.0. The first-order chi connectivity index (χ1) is 8.07. The van der Waals surface area contributed by atoms with Crippen LogP contribution in [0.25, 0.3) is 0 Å². The van der Waals surface area contributed by atoms with Gasteiger partial charge in [-0.25, -0.2) is 0 Å². The van der Waals surface area contributed by atoms with E-state index >= 15 is 0 Å². The molecule has 0 aromatic rings. The summed E-state index contributed by atoms with van der Waals surface area (Å²) in [6.45, 7) is 4.09. The fraction of sp³-hybridized carbons (Fsp3) is 0.833. The number of ether oxygens (including phenoxy) is 2. The Hall–Kier alpha value is -0.460. The highest BCUT2D eigenvalue weighted by Gasteiger charge is 2.42. The van der Waals surface area contributed by atoms with Crippen LogP contribution in [0.5, 0.6) is 0 Å². The molecule has 0 aromatic heterocycles. The Labute approximate surface area is 102 Å². The summed E-state index contributed by atoms with van der Waals surface area (Å²) in [7, 11) is 0. The van der Waals surface area contributed by atoms with Crippen molar-refractivity contribution in [3.05, 3.63) is 12.2 Å². The van der Waals surface area contributed by atoms with Gasteiger partial charge in [-0.15, -0.1) is 0 Å². The van der Waals surface area contributed by atoms with E-state index in [1.165, 1.54) is 0 Å². The van der Waals surface area contributed by atoms with Gasteiger partial charge in [-0.2, -0.15) is 0 Å². The number of hydrogen-bond donors (Lipinski definition) is 3. The van der Waals surface area contributed by atoms with E-state index in [1.54, 1.807) is 6.92 Å². The maximum absolute atomic E-state index is 9.65. The zero-order chi connectivity index (χ0) is 12.8. The van der Waals surface area contributed by atoms with Crippen molar-refractivity contribution < 1.29 is 24.8 Å². The van der Waals surface area contributed by atoms with Gasteiger partial charge in [0.2, 0.25) is 0 Å².